The molecule has 0 unspecified atom stereocenters. The normalized spacial score (nSPS) is 29.6. The molecule has 3 amide bonds. The number of para-hydroxylation sites is 2. The Morgan fingerprint density at radius 3 is 2.75 bits per heavy atom. The van der Waals surface area contributed by atoms with E-state index in [2.05, 4.69) is 4.90 Å². The number of rotatable bonds is 3. The van der Waals surface area contributed by atoms with Crippen LogP contribution >= 0.6 is 0 Å². The minimum atomic E-state index is -0.616. The summed E-state index contributed by atoms with van der Waals surface area (Å²) in [4.78, 5) is 31.1. The maximum atomic E-state index is 12.9. The van der Waals surface area contributed by atoms with Crippen LogP contribution in [0.1, 0.15) is 26.2 Å². The molecule has 0 radical (unpaired) electrons. The zero-order valence-corrected chi connectivity index (χ0v) is 14.2. The van der Waals surface area contributed by atoms with E-state index in [1.165, 1.54) is 4.90 Å². The van der Waals surface area contributed by atoms with Gasteiger partial charge in [0, 0.05) is 19.6 Å². The molecule has 0 saturated carbocycles. The van der Waals surface area contributed by atoms with E-state index >= 15 is 0 Å². The van der Waals surface area contributed by atoms with Crippen LogP contribution in [0.5, 0.6) is 5.75 Å². The minimum absolute atomic E-state index is 0.0168. The highest BCUT2D eigenvalue weighted by Crippen LogP contribution is 2.40. The number of carbonyl (C=O) groups is 2. The number of anilines is 1. The van der Waals surface area contributed by atoms with Crippen molar-refractivity contribution in [3.05, 3.63) is 24.3 Å². The summed E-state index contributed by atoms with van der Waals surface area (Å²) in [5, 5.41) is 0. The molecule has 0 spiro atoms. The van der Waals surface area contributed by atoms with E-state index < -0.39 is 5.54 Å². The second-order valence-corrected chi connectivity index (χ2v) is 7.05. The number of nitrogens with zero attached hydrogens (tertiary/aromatic N) is 3. The lowest BCUT2D eigenvalue weighted by molar-refractivity contribution is -0.133. The van der Waals surface area contributed by atoms with Crippen molar-refractivity contribution in [2.24, 2.45) is 0 Å². The van der Waals surface area contributed by atoms with Gasteiger partial charge in [-0.1, -0.05) is 12.1 Å². The van der Waals surface area contributed by atoms with Gasteiger partial charge in [0.25, 0.3) is 5.91 Å². The molecule has 3 aliphatic rings. The fourth-order valence-electron chi connectivity index (χ4n) is 4.35. The molecule has 2 atom stereocenters. The van der Waals surface area contributed by atoms with Gasteiger partial charge in [0.1, 0.15) is 11.3 Å². The van der Waals surface area contributed by atoms with E-state index in [1.54, 1.807) is 12.0 Å². The van der Waals surface area contributed by atoms with E-state index in [4.69, 9.17) is 4.74 Å². The summed E-state index contributed by atoms with van der Waals surface area (Å²) in [6.07, 6.45) is 2.50. The summed E-state index contributed by atoms with van der Waals surface area (Å²) < 4.78 is 5.44. The number of methoxy groups -OCH3 is 1. The van der Waals surface area contributed by atoms with Crippen LogP contribution in [-0.2, 0) is 4.79 Å². The van der Waals surface area contributed by atoms with Crippen molar-refractivity contribution in [2.75, 3.05) is 31.6 Å². The predicted molar refractivity (Wildman–Crippen MR) is 90.2 cm³/mol. The Morgan fingerprint density at radius 2 is 2.00 bits per heavy atom. The van der Waals surface area contributed by atoms with Crippen LogP contribution in [0, 0.1) is 0 Å². The first-order valence-electron chi connectivity index (χ1n) is 8.59. The second-order valence-electron chi connectivity index (χ2n) is 7.05. The van der Waals surface area contributed by atoms with E-state index in [1.807, 2.05) is 31.2 Å². The fourth-order valence-corrected chi connectivity index (χ4v) is 4.35. The van der Waals surface area contributed by atoms with E-state index in [9.17, 15) is 9.59 Å². The number of hydrogen-bond acceptors (Lipinski definition) is 4. The third kappa shape index (κ3) is 2.01. The van der Waals surface area contributed by atoms with Crippen LogP contribution in [0.2, 0.25) is 0 Å². The highest BCUT2D eigenvalue weighted by Gasteiger charge is 2.58. The van der Waals surface area contributed by atoms with Crippen LogP contribution < -0.4 is 9.64 Å². The van der Waals surface area contributed by atoms with Gasteiger partial charge < -0.3 is 14.5 Å². The number of ether oxygens (including phenoxy) is 1. The standard InChI is InChI=1S/C18H23N3O3/c1-18-9-5-10-20(18)17(23)21(16(18)22)13-8-11-19(12-13)14-6-3-4-7-15(14)24-2/h3-4,6-7,13H,5,8-12H2,1-2H3/t13-,18-/m0/s1. The van der Waals surface area contributed by atoms with Gasteiger partial charge in [0.2, 0.25) is 0 Å². The van der Waals surface area contributed by atoms with Gasteiger partial charge in [0.05, 0.1) is 18.8 Å². The molecular weight excluding hydrogens is 306 g/mol. The quantitative estimate of drug-likeness (QED) is 0.797. The van der Waals surface area contributed by atoms with Crippen molar-refractivity contribution < 1.29 is 14.3 Å². The second kappa shape index (κ2) is 5.40. The first-order valence-corrected chi connectivity index (χ1v) is 8.59. The number of hydrogen-bond donors (Lipinski definition) is 0. The molecule has 0 aromatic heterocycles. The summed E-state index contributed by atoms with van der Waals surface area (Å²) in [7, 11) is 1.66. The van der Waals surface area contributed by atoms with Crippen LogP contribution in [0.3, 0.4) is 0 Å². The lowest BCUT2D eigenvalue weighted by Gasteiger charge is -2.25. The van der Waals surface area contributed by atoms with Gasteiger partial charge in [0.15, 0.2) is 0 Å². The maximum Gasteiger partial charge on any atom is 0.327 e. The molecule has 3 heterocycles. The third-order valence-corrected chi connectivity index (χ3v) is 5.71. The summed E-state index contributed by atoms with van der Waals surface area (Å²) in [6.45, 7) is 4.09. The summed E-state index contributed by atoms with van der Waals surface area (Å²) in [6, 6.07) is 7.72. The molecule has 1 aromatic rings. The lowest BCUT2D eigenvalue weighted by Crippen LogP contribution is -2.45. The molecule has 3 saturated heterocycles. The van der Waals surface area contributed by atoms with Gasteiger partial charge in [-0.15, -0.1) is 0 Å². The SMILES string of the molecule is COc1ccccc1N1CC[C@H](N2C(=O)N3CCC[C@@]3(C)C2=O)C1. The van der Waals surface area contributed by atoms with Crippen LogP contribution in [0.4, 0.5) is 10.5 Å². The number of carbonyl (C=O) groups excluding carboxylic acids is 2. The van der Waals surface area contributed by atoms with E-state index in [0.717, 1.165) is 37.2 Å². The summed E-state index contributed by atoms with van der Waals surface area (Å²) in [5.41, 5.74) is 0.405. The molecule has 0 aliphatic carbocycles. The topological polar surface area (TPSA) is 53.1 Å². The monoisotopic (exact) mass is 329 g/mol. The Labute approximate surface area is 142 Å². The average Bonchev–Trinajstić information content (AvgIpc) is 3.26. The molecule has 6 nitrogen and oxygen atoms in total. The molecule has 0 N–H and O–H groups in total. The van der Waals surface area contributed by atoms with Gasteiger partial charge in [-0.2, -0.15) is 0 Å². The minimum Gasteiger partial charge on any atom is -0.495 e. The van der Waals surface area contributed by atoms with Crippen LogP contribution in [-0.4, -0.2) is 60.1 Å². The van der Waals surface area contributed by atoms with Crippen LogP contribution in [0.15, 0.2) is 24.3 Å². The Morgan fingerprint density at radius 1 is 1.21 bits per heavy atom. The number of amides is 3. The lowest BCUT2D eigenvalue weighted by atomic mass is 9.99. The molecule has 3 aliphatic heterocycles. The predicted octanol–water partition coefficient (Wildman–Crippen LogP) is 2.09. The third-order valence-electron chi connectivity index (χ3n) is 5.71. The Hall–Kier alpha value is -2.24. The molecule has 1 aromatic carbocycles. The fraction of sp³-hybridized carbons (Fsp3) is 0.556. The maximum absolute atomic E-state index is 12.9. The molecule has 128 valence electrons. The van der Waals surface area contributed by atoms with Crippen molar-refractivity contribution in [1.29, 1.82) is 0 Å². The van der Waals surface area contributed by atoms with Gasteiger partial charge in [-0.3, -0.25) is 9.69 Å². The van der Waals surface area contributed by atoms with Gasteiger partial charge >= 0.3 is 6.03 Å². The number of benzene rings is 1. The highest BCUT2D eigenvalue weighted by atomic mass is 16.5. The highest BCUT2D eigenvalue weighted by molar-refractivity contribution is 6.07. The Kier molecular flexibility index (Phi) is 3.44. The first-order chi connectivity index (χ1) is 11.6. The van der Waals surface area contributed by atoms with Crippen molar-refractivity contribution in [2.45, 2.75) is 37.8 Å². The van der Waals surface area contributed by atoms with Crippen molar-refractivity contribution in [1.82, 2.24) is 9.80 Å². The molecule has 0 bridgehead atoms. The molecule has 3 fully saturated rings. The molecule has 6 heteroatoms. The smallest absolute Gasteiger partial charge is 0.327 e. The van der Waals surface area contributed by atoms with Crippen molar-refractivity contribution in [3.8, 4) is 5.75 Å². The molecular formula is C18H23N3O3. The van der Waals surface area contributed by atoms with Crippen LogP contribution in [0.25, 0.3) is 0 Å². The zero-order chi connectivity index (χ0) is 16.9. The molecule has 24 heavy (non-hydrogen) atoms. The number of fused-ring (bicyclic) bond motifs is 1. The van der Waals surface area contributed by atoms with Gasteiger partial charge in [-0.25, -0.2) is 4.79 Å². The van der Waals surface area contributed by atoms with Crippen molar-refractivity contribution >= 4 is 17.6 Å². The van der Waals surface area contributed by atoms with E-state index in [-0.39, 0.29) is 18.0 Å². The van der Waals surface area contributed by atoms with Gasteiger partial charge in [-0.05, 0) is 38.3 Å². The zero-order valence-electron chi connectivity index (χ0n) is 14.2. The van der Waals surface area contributed by atoms with Crippen molar-refractivity contribution in [3.63, 3.8) is 0 Å². The Balaban J connectivity index is 1.55. The van der Waals surface area contributed by atoms with E-state index in [0.29, 0.717) is 13.1 Å². The number of imide groups is 1. The largest absolute Gasteiger partial charge is 0.495 e. The number of urea groups is 1. The first kappa shape index (κ1) is 15.3. The Bertz CT molecular complexity index is 692. The summed E-state index contributed by atoms with van der Waals surface area (Å²) in [5.74, 6) is 0.807. The molecule has 4 rings (SSSR count). The summed E-state index contributed by atoms with van der Waals surface area (Å²) >= 11 is 0. The average molecular weight is 329 g/mol.